The van der Waals surface area contributed by atoms with E-state index in [-0.39, 0.29) is 0 Å². The molecule has 2 aromatic rings. The zero-order valence-corrected chi connectivity index (χ0v) is 11.0. The third kappa shape index (κ3) is 3.01. The van der Waals surface area contributed by atoms with Gasteiger partial charge in [0, 0.05) is 11.8 Å². The molecule has 0 aliphatic carbocycles. The van der Waals surface area contributed by atoms with Crippen LogP contribution in [0.5, 0.6) is 0 Å². The first-order valence-electron chi connectivity index (χ1n) is 4.91. The number of nitrogens with zero attached hydrogens (tertiary/aromatic N) is 1. The van der Waals surface area contributed by atoms with Gasteiger partial charge < -0.3 is 0 Å². The predicted octanol–water partition coefficient (Wildman–Crippen LogP) is 5.40. The van der Waals surface area contributed by atoms with Gasteiger partial charge in [0.25, 0.3) is 0 Å². The molecule has 0 atom stereocenters. The van der Waals surface area contributed by atoms with Crippen LogP contribution in [0.3, 0.4) is 0 Å². The summed E-state index contributed by atoms with van der Waals surface area (Å²) in [4.78, 5) is 4.28. The summed E-state index contributed by atoms with van der Waals surface area (Å²) < 4.78 is 0. The van der Waals surface area contributed by atoms with Crippen LogP contribution in [-0.4, -0.2) is 6.21 Å². The van der Waals surface area contributed by atoms with E-state index in [4.69, 9.17) is 34.8 Å². The standard InChI is InChI=1S/C13H8Cl3N/c14-10-5-1-2-7-12(10)17-8-9-4-3-6-11(15)13(9)16/h1-8H. The van der Waals surface area contributed by atoms with Gasteiger partial charge in [-0.1, -0.05) is 59.1 Å². The first-order valence-corrected chi connectivity index (χ1v) is 6.04. The van der Waals surface area contributed by atoms with E-state index in [1.54, 1.807) is 18.3 Å². The topological polar surface area (TPSA) is 12.4 Å². The van der Waals surface area contributed by atoms with Crippen LogP contribution in [0, 0.1) is 0 Å². The zero-order chi connectivity index (χ0) is 12.3. The molecule has 0 aliphatic heterocycles. The molecule has 0 heterocycles. The highest BCUT2D eigenvalue weighted by molar-refractivity contribution is 6.43. The number of rotatable bonds is 2. The molecule has 2 rings (SSSR count). The van der Waals surface area contributed by atoms with Crippen LogP contribution in [0.2, 0.25) is 15.1 Å². The molecule has 86 valence electrons. The molecule has 0 radical (unpaired) electrons. The maximum absolute atomic E-state index is 6.04. The fraction of sp³-hybridized carbons (Fsp3) is 0. The van der Waals surface area contributed by atoms with Gasteiger partial charge in [0.05, 0.1) is 20.8 Å². The summed E-state index contributed by atoms with van der Waals surface area (Å²) in [6.07, 6.45) is 1.65. The van der Waals surface area contributed by atoms with Crippen LogP contribution < -0.4 is 0 Å². The van der Waals surface area contributed by atoms with Gasteiger partial charge in [-0.25, -0.2) is 0 Å². The third-order valence-corrected chi connectivity index (χ3v) is 3.33. The lowest BCUT2D eigenvalue weighted by Crippen LogP contribution is -1.83. The summed E-state index contributed by atoms with van der Waals surface area (Å²) in [6, 6.07) is 12.7. The molecule has 0 saturated heterocycles. The van der Waals surface area contributed by atoms with E-state index in [0.717, 1.165) is 5.56 Å². The number of hydrogen-bond donors (Lipinski definition) is 0. The Morgan fingerprint density at radius 2 is 1.53 bits per heavy atom. The van der Waals surface area contributed by atoms with Crippen molar-refractivity contribution < 1.29 is 0 Å². The van der Waals surface area contributed by atoms with Crippen LogP contribution in [0.4, 0.5) is 5.69 Å². The van der Waals surface area contributed by atoms with E-state index in [9.17, 15) is 0 Å². The molecule has 0 aromatic heterocycles. The molecule has 0 amide bonds. The normalized spacial score (nSPS) is 11.0. The minimum absolute atomic E-state index is 0.491. The summed E-state index contributed by atoms with van der Waals surface area (Å²) >= 11 is 17.9. The lowest BCUT2D eigenvalue weighted by atomic mass is 10.2. The molecular formula is C13H8Cl3N. The molecule has 0 unspecified atom stereocenters. The minimum atomic E-state index is 0.491. The molecule has 0 spiro atoms. The van der Waals surface area contributed by atoms with Gasteiger partial charge in [-0.2, -0.15) is 0 Å². The number of halogens is 3. The smallest absolute Gasteiger partial charge is 0.0816 e. The van der Waals surface area contributed by atoms with Crippen LogP contribution in [0.1, 0.15) is 5.56 Å². The van der Waals surface area contributed by atoms with Crippen molar-refractivity contribution in [2.24, 2.45) is 4.99 Å². The summed E-state index contributed by atoms with van der Waals surface area (Å²) in [5.41, 5.74) is 1.46. The summed E-state index contributed by atoms with van der Waals surface area (Å²) in [5.74, 6) is 0. The Labute approximate surface area is 115 Å². The van der Waals surface area contributed by atoms with Crippen LogP contribution >= 0.6 is 34.8 Å². The minimum Gasteiger partial charge on any atom is -0.255 e. The van der Waals surface area contributed by atoms with E-state index >= 15 is 0 Å². The third-order valence-electron chi connectivity index (χ3n) is 2.18. The Balaban J connectivity index is 2.33. The molecular weight excluding hydrogens is 277 g/mol. The Morgan fingerprint density at radius 1 is 0.824 bits per heavy atom. The Hall–Kier alpha value is -1.02. The molecule has 0 bridgehead atoms. The second kappa shape index (κ2) is 5.54. The lowest BCUT2D eigenvalue weighted by Gasteiger charge is -2.00. The first kappa shape index (κ1) is 12.4. The fourth-order valence-electron chi connectivity index (χ4n) is 1.32. The van der Waals surface area contributed by atoms with Crippen LogP contribution in [0.25, 0.3) is 0 Å². The van der Waals surface area contributed by atoms with Crippen molar-refractivity contribution in [3.8, 4) is 0 Å². The van der Waals surface area contributed by atoms with Gasteiger partial charge in [-0.05, 0) is 18.2 Å². The van der Waals surface area contributed by atoms with E-state index in [2.05, 4.69) is 4.99 Å². The van der Waals surface area contributed by atoms with Crippen molar-refractivity contribution in [1.82, 2.24) is 0 Å². The summed E-state index contributed by atoms with van der Waals surface area (Å²) in [6.45, 7) is 0. The Morgan fingerprint density at radius 3 is 2.29 bits per heavy atom. The highest BCUT2D eigenvalue weighted by atomic mass is 35.5. The van der Waals surface area contributed by atoms with E-state index in [0.29, 0.717) is 20.8 Å². The van der Waals surface area contributed by atoms with Crippen molar-refractivity contribution >= 4 is 46.7 Å². The van der Waals surface area contributed by atoms with Crippen molar-refractivity contribution in [3.05, 3.63) is 63.1 Å². The highest BCUT2D eigenvalue weighted by Gasteiger charge is 2.01. The molecule has 4 heteroatoms. The van der Waals surface area contributed by atoms with Gasteiger partial charge >= 0.3 is 0 Å². The number of benzene rings is 2. The Kier molecular flexibility index (Phi) is 4.06. The molecule has 17 heavy (non-hydrogen) atoms. The maximum atomic E-state index is 6.04. The van der Waals surface area contributed by atoms with Gasteiger partial charge in [-0.3, -0.25) is 4.99 Å². The van der Waals surface area contributed by atoms with Crippen LogP contribution in [-0.2, 0) is 0 Å². The quantitative estimate of drug-likeness (QED) is 0.655. The first-order chi connectivity index (χ1) is 8.18. The zero-order valence-electron chi connectivity index (χ0n) is 8.70. The van der Waals surface area contributed by atoms with Crippen molar-refractivity contribution in [1.29, 1.82) is 0 Å². The Bertz CT molecular complexity index is 564. The van der Waals surface area contributed by atoms with E-state index in [1.807, 2.05) is 30.3 Å². The number of hydrogen-bond acceptors (Lipinski definition) is 1. The molecule has 0 N–H and O–H groups in total. The maximum Gasteiger partial charge on any atom is 0.0816 e. The number of para-hydroxylation sites is 1. The molecule has 0 fully saturated rings. The SMILES string of the molecule is Clc1ccccc1N=Cc1cccc(Cl)c1Cl. The second-order valence-electron chi connectivity index (χ2n) is 3.35. The van der Waals surface area contributed by atoms with Gasteiger partial charge in [0.15, 0.2) is 0 Å². The average Bonchev–Trinajstić information content (AvgIpc) is 2.33. The molecule has 0 aliphatic rings. The number of aliphatic imine (C=N–C) groups is 1. The highest BCUT2D eigenvalue weighted by Crippen LogP contribution is 2.26. The second-order valence-corrected chi connectivity index (χ2v) is 4.55. The molecule has 0 saturated carbocycles. The summed E-state index contributed by atoms with van der Waals surface area (Å²) in [5, 5.41) is 1.60. The van der Waals surface area contributed by atoms with E-state index in [1.165, 1.54) is 0 Å². The largest absolute Gasteiger partial charge is 0.255 e. The van der Waals surface area contributed by atoms with Gasteiger partial charge in [-0.15, -0.1) is 0 Å². The van der Waals surface area contributed by atoms with Gasteiger partial charge in [0.2, 0.25) is 0 Å². The monoisotopic (exact) mass is 283 g/mol. The van der Waals surface area contributed by atoms with Gasteiger partial charge in [0.1, 0.15) is 0 Å². The van der Waals surface area contributed by atoms with Crippen LogP contribution in [0.15, 0.2) is 47.5 Å². The van der Waals surface area contributed by atoms with Crippen molar-refractivity contribution in [2.75, 3.05) is 0 Å². The lowest BCUT2D eigenvalue weighted by molar-refractivity contribution is 1.52. The fourth-order valence-corrected chi connectivity index (χ4v) is 1.86. The van der Waals surface area contributed by atoms with Crippen molar-refractivity contribution in [2.45, 2.75) is 0 Å². The molecule has 1 nitrogen and oxygen atoms in total. The summed E-state index contributed by atoms with van der Waals surface area (Å²) in [7, 11) is 0. The van der Waals surface area contributed by atoms with E-state index < -0.39 is 0 Å². The van der Waals surface area contributed by atoms with Crippen molar-refractivity contribution in [3.63, 3.8) is 0 Å². The average molecular weight is 285 g/mol. The predicted molar refractivity (Wildman–Crippen MR) is 75.2 cm³/mol. The molecule has 2 aromatic carbocycles.